The molecule has 0 aliphatic rings. The summed E-state index contributed by atoms with van der Waals surface area (Å²) in [4.78, 5) is 19.9. The van der Waals surface area contributed by atoms with Crippen LogP contribution in [0.1, 0.15) is 19.5 Å². The fourth-order valence-corrected chi connectivity index (χ4v) is 4.17. The van der Waals surface area contributed by atoms with Crippen molar-refractivity contribution in [3.8, 4) is 16.9 Å². The van der Waals surface area contributed by atoms with Gasteiger partial charge in [-0.1, -0.05) is 0 Å². The number of methoxy groups -OCH3 is 2. The van der Waals surface area contributed by atoms with Crippen molar-refractivity contribution >= 4 is 28.7 Å². The number of fused-ring (bicyclic) bond motifs is 1. The lowest BCUT2D eigenvalue weighted by Gasteiger charge is -2.30. The van der Waals surface area contributed by atoms with Crippen molar-refractivity contribution in [2.24, 2.45) is 12.8 Å². The molecular formula is C25H32N6O3. The molecule has 1 amide bonds. The molecule has 0 atom stereocenters. The minimum atomic E-state index is 0.634. The first-order valence-electron chi connectivity index (χ1n) is 10.7. The van der Waals surface area contributed by atoms with Crippen molar-refractivity contribution in [1.29, 1.82) is 0 Å². The van der Waals surface area contributed by atoms with Crippen LogP contribution in [0.4, 0.5) is 11.4 Å². The van der Waals surface area contributed by atoms with Crippen molar-refractivity contribution in [3.63, 3.8) is 0 Å². The second-order valence-electron chi connectivity index (χ2n) is 8.10. The number of likely N-dealkylation sites (N-methyl/N-ethyl adjacent to an activating group) is 1. The predicted octanol–water partition coefficient (Wildman–Crippen LogP) is 3.72. The first kappa shape index (κ1) is 24.6. The molecule has 0 bridgehead atoms. The van der Waals surface area contributed by atoms with Crippen LogP contribution in [-0.2, 0) is 16.6 Å². The fraction of sp³-hybridized carbons (Fsp3) is 0.320. The normalized spacial score (nSPS) is 12.4. The molecule has 0 aliphatic heterocycles. The Hall–Kier alpha value is -4.01. The number of aryl methyl sites for hydroxylation is 2. The maximum Gasteiger partial charge on any atom is 0.213 e. The van der Waals surface area contributed by atoms with Gasteiger partial charge in [-0.2, -0.15) is 5.10 Å². The number of rotatable bonds is 8. The SMILES string of the molecule is CO/C(C)=C(/C(C)=C\N)N(C)c1c(N(C)C=O)cnc2cc(OC)c(-c3cn(C)nc3C)cc12. The van der Waals surface area contributed by atoms with E-state index in [1.54, 1.807) is 32.1 Å². The van der Waals surface area contributed by atoms with Gasteiger partial charge in [-0.05, 0) is 38.6 Å². The van der Waals surface area contributed by atoms with Crippen LogP contribution in [0.15, 0.2) is 47.8 Å². The first-order chi connectivity index (χ1) is 16.2. The van der Waals surface area contributed by atoms with Crippen LogP contribution in [0.3, 0.4) is 0 Å². The number of carbonyl (C=O) groups excluding carboxylic acids is 1. The Morgan fingerprint density at radius 2 is 1.88 bits per heavy atom. The number of benzene rings is 1. The standard InChI is InChI=1S/C25H32N6O3/c1-15(11-26)24(17(3)33-7)31(6)25-19-9-18(20-13-30(5)28-16(20)2)23(34-8)10-21(19)27-12-22(25)29(4)14-32/h9-14H,26H2,1-8H3/b15-11-,24-17-. The zero-order valence-corrected chi connectivity index (χ0v) is 21.0. The molecule has 0 saturated carbocycles. The molecule has 0 radical (unpaired) electrons. The van der Waals surface area contributed by atoms with E-state index < -0.39 is 0 Å². The molecule has 0 fully saturated rings. The maximum absolute atomic E-state index is 11.8. The summed E-state index contributed by atoms with van der Waals surface area (Å²) in [5, 5.41) is 5.32. The molecule has 0 aliphatic carbocycles. The Balaban J connectivity index is 2.45. The first-order valence-corrected chi connectivity index (χ1v) is 10.7. The number of nitrogens with zero attached hydrogens (tertiary/aromatic N) is 5. The van der Waals surface area contributed by atoms with Crippen LogP contribution in [-0.4, -0.2) is 49.5 Å². The van der Waals surface area contributed by atoms with Crippen LogP contribution in [0.2, 0.25) is 0 Å². The van der Waals surface area contributed by atoms with Gasteiger partial charge in [-0.3, -0.25) is 14.5 Å². The number of anilines is 2. The highest BCUT2D eigenvalue weighted by atomic mass is 16.5. The van der Waals surface area contributed by atoms with Gasteiger partial charge >= 0.3 is 0 Å². The lowest BCUT2D eigenvalue weighted by molar-refractivity contribution is -0.107. The lowest BCUT2D eigenvalue weighted by Crippen LogP contribution is -2.24. The quantitative estimate of drug-likeness (QED) is 0.308. The summed E-state index contributed by atoms with van der Waals surface area (Å²) in [6.07, 6.45) is 5.93. The van der Waals surface area contributed by atoms with Gasteiger partial charge in [0.15, 0.2) is 0 Å². The molecule has 34 heavy (non-hydrogen) atoms. The molecule has 3 aromatic rings. The highest BCUT2D eigenvalue weighted by Gasteiger charge is 2.23. The van der Waals surface area contributed by atoms with E-state index in [2.05, 4.69) is 10.1 Å². The summed E-state index contributed by atoms with van der Waals surface area (Å²) < 4.78 is 13.1. The lowest BCUT2D eigenvalue weighted by atomic mass is 10.0. The van der Waals surface area contributed by atoms with E-state index in [0.29, 0.717) is 17.2 Å². The average molecular weight is 465 g/mol. The molecule has 180 valence electrons. The minimum Gasteiger partial charge on any atom is -0.499 e. The van der Waals surface area contributed by atoms with Crippen LogP contribution >= 0.6 is 0 Å². The Kier molecular flexibility index (Phi) is 7.14. The molecule has 2 N–H and O–H groups in total. The predicted molar refractivity (Wildman–Crippen MR) is 136 cm³/mol. The molecule has 1 aromatic carbocycles. The monoisotopic (exact) mass is 464 g/mol. The Morgan fingerprint density at radius 1 is 1.18 bits per heavy atom. The minimum absolute atomic E-state index is 0.634. The van der Waals surface area contributed by atoms with E-state index in [-0.39, 0.29) is 0 Å². The number of carbonyl (C=O) groups is 1. The Bertz CT molecular complexity index is 1290. The van der Waals surface area contributed by atoms with Gasteiger partial charge in [0.05, 0.1) is 48.7 Å². The number of hydrogen-bond donors (Lipinski definition) is 1. The summed E-state index contributed by atoms with van der Waals surface area (Å²) in [5.74, 6) is 1.37. The van der Waals surface area contributed by atoms with E-state index >= 15 is 0 Å². The molecule has 2 heterocycles. The molecule has 0 saturated heterocycles. The summed E-state index contributed by atoms with van der Waals surface area (Å²) in [6.45, 7) is 5.74. The van der Waals surface area contributed by atoms with Gasteiger partial charge in [-0.15, -0.1) is 0 Å². The van der Waals surface area contributed by atoms with Crippen molar-refractivity contribution in [2.75, 3.05) is 38.1 Å². The number of aromatic nitrogens is 3. The molecular weight excluding hydrogens is 432 g/mol. The van der Waals surface area contributed by atoms with Crippen molar-refractivity contribution in [3.05, 3.63) is 53.4 Å². The number of allylic oxidation sites excluding steroid dienone is 2. The zero-order valence-electron chi connectivity index (χ0n) is 21.0. The highest BCUT2D eigenvalue weighted by molar-refractivity contribution is 6.04. The third-order valence-electron chi connectivity index (χ3n) is 5.92. The van der Waals surface area contributed by atoms with Crippen molar-refractivity contribution in [1.82, 2.24) is 14.8 Å². The zero-order chi connectivity index (χ0) is 25.2. The van der Waals surface area contributed by atoms with Crippen LogP contribution < -0.4 is 20.3 Å². The van der Waals surface area contributed by atoms with E-state index in [9.17, 15) is 4.79 Å². The van der Waals surface area contributed by atoms with Crippen molar-refractivity contribution < 1.29 is 14.3 Å². The van der Waals surface area contributed by atoms with Crippen molar-refractivity contribution in [2.45, 2.75) is 20.8 Å². The van der Waals surface area contributed by atoms with Gasteiger partial charge in [-0.25, -0.2) is 0 Å². The number of pyridine rings is 1. The molecule has 3 rings (SSSR count). The molecule has 9 heteroatoms. The summed E-state index contributed by atoms with van der Waals surface area (Å²) in [6, 6.07) is 3.93. The number of amides is 1. The van der Waals surface area contributed by atoms with E-state index in [0.717, 1.165) is 51.1 Å². The summed E-state index contributed by atoms with van der Waals surface area (Å²) in [7, 11) is 8.75. The number of nitrogens with two attached hydrogens (primary N) is 1. The fourth-order valence-electron chi connectivity index (χ4n) is 4.17. The van der Waals surface area contributed by atoms with Gasteiger partial charge < -0.3 is 25.0 Å². The molecule has 0 unspecified atom stereocenters. The number of hydrogen-bond acceptors (Lipinski definition) is 7. The van der Waals surface area contributed by atoms with Crippen LogP contribution in [0.5, 0.6) is 5.75 Å². The van der Waals surface area contributed by atoms with Crippen LogP contribution in [0.25, 0.3) is 22.0 Å². The van der Waals surface area contributed by atoms with Gasteiger partial charge in [0.1, 0.15) is 11.5 Å². The second-order valence-corrected chi connectivity index (χ2v) is 8.10. The molecule has 0 spiro atoms. The third-order valence-corrected chi connectivity index (χ3v) is 5.92. The van der Waals surface area contributed by atoms with E-state index in [4.69, 9.17) is 15.2 Å². The Labute approximate surface area is 200 Å². The van der Waals surface area contributed by atoms with E-state index in [1.807, 2.05) is 58.1 Å². The largest absolute Gasteiger partial charge is 0.499 e. The Morgan fingerprint density at radius 3 is 2.41 bits per heavy atom. The smallest absolute Gasteiger partial charge is 0.213 e. The highest BCUT2D eigenvalue weighted by Crippen LogP contribution is 2.43. The maximum atomic E-state index is 11.8. The summed E-state index contributed by atoms with van der Waals surface area (Å²) >= 11 is 0. The van der Waals surface area contributed by atoms with Crippen LogP contribution in [0, 0.1) is 6.92 Å². The number of ether oxygens (including phenoxy) is 2. The van der Waals surface area contributed by atoms with Gasteiger partial charge in [0.2, 0.25) is 6.41 Å². The molecule has 9 nitrogen and oxygen atoms in total. The second kappa shape index (κ2) is 9.86. The van der Waals surface area contributed by atoms with E-state index in [1.165, 1.54) is 11.1 Å². The molecule has 2 aromatic heterocycles. The third kappa shape index (κ3) is 4.28. The summed E-state index contributed by atoms with van der Waals surface area (Å²) in [5.41, 5.74) is 12.3. The topological polar surface area (TPSA) is 98.7 Å². The van der Waals surface area contributed by atoms with Gasteiger partial charge in [0.25, 0.3) is 0 Å². The average Bonchev–Trinajstić information content (AvgIpc) is 3.18. The van der Waals surface area contributed by atoms with Gasteiger partial charge in [0, 0.05) is 49.9 Å².